The highest BCUT2D eigenvalue weighted by Crippen LogP contribution is 2.51. The van der Waals surface area contributed by atoms with Crippen LogP contribution in [0.4, 0.5) is 0 Å². The van der Waals surface area contributed by atoms with Crippen LogP contribution in [0, 0.1) is 17.3 Å². The second kappa shape index (κ2) is 5.67. The molecule has 0 heteroatoms. The standard InChI is InChI=1S/C11H22.C2H6/c1-5-11(7-6-8-11)10(4)9(2)3;1-2/h9-10H,5-8H2,1-4H3;1-2H3. The van der Waals surface area contributed by atoms with E-state index >= 15 is 0 Å². The molecule has 0 radical (unpaired) electrons. The van der Waals surface area contributed by atoms with Crippen LogP contribution in [0.25, 0.3) is 0 Å². The van der Waals surface area contributed by atoms with Gasteiger partial charge < -0.3 is 0 Å². The van der Waals surface area contributed by atoms with Crippen molar-refractivity contribution in [2.45, 2.75) is 67.2 Å². The van der Waals surface area contributed by atoms with E-state index in [4.69, 9.17) is 0 Å². The van der Waals surface area contributed by atoms with Crippen molar-refractivity contribution < 1.29 is 0 Å². The zero-order chi connectivity index (χ0) is 10.5. The van der Waals surface area contributed by atoms with Crippen LogP contribution in [0.1, 0.15) is 67.2 Å². The topological polar surface area (TPSA) is 0 Å². The Morgan fingerprint density at radius 2 is 1.54 bits per heavy atom. The lowest BCUT2D eigenvalue weighted by molar-refractivity contribution is 0.0278. The molecule has 0 heterocycles. The molecule has 0 amide bonds. The predicted octanol–water partition coefficient (Wildman–Crippen LogP) is 4.89. The third-order valence-corrected chi connectivity index (χ3v) is 4.02. The number of rotatable bonds is 3. The lowest BCUT2D eigenvalue weighted by Crippen LogP contribution is -2.37. The fourth-order valence-electron chi connectivity index (χ4n) is 2.47. The summed E-state index contributed by atoms with van der Waals surface area (Å²) < 4.78 is 0. The summed E-state index contributed by atoms with van der Waals surface area (Å²) in [6.07, 6.45) is 5.85. The van der Waals surface area contributed by atoms with Crippen LogP contribution in [-0.2, 0) is 0 Å². The van der Waals surface area contributed by atoms with Crippen LogP contribution in [0.2, 0.25) is 0 Å². The van der Waals surface area contributed by atoms with Gasteiger partial charge in [-0.25, -0.2) is 0 Å². The van der Waals surface area contributed by atoms with Gasteiger partial charge in [0.05, 0.1) is 0 Å². The van der Waals surface area contributed by atoms with Crippen molar-refractivity contribution in [2.75, 3.05) is 0 Å². The summed E-state index contributed by atoms with van der Waals surface area (Å²) in [4.78, 5) is 0. The first kappa shape index (κ1) is 13.0. The summed E-state index contributed by atoms with van der Waals surface area (Å²) in [5.74, 6) is 1.80. The zero-order valence-corrected chi connectivity index (χ0v) is 10.5. The number of hydrogen-bond acceptors (Lipinski definition) is 0. The quantitative estimate of drug-likeness (QED) is 0.586. The predicted molar refractivity (Wildman–Crippen MR) is 61.9 cm³/mol. The molecule has 0 aromatic rings. The van der Waals surface area contributed by atoms with Crippen LogP contribution in [0.3, 0.4) is 0 Å². The highest BCUT2D eigenvalue weighted by molar-refractivity contribution is 4.91. The Morgan fingerprint density at radius 1 is 1.08 bits per heavy atom. The Labute approximate surface area is 85.1 Å². The lowest BCUT2D eigenvalue weighted by Gasteiger charge is -2.48. The maximum atomic E-state index is 2.44. The molecule has 1 aliphatic rings. The molecule has 0 aromatic carbocycles. The number of hydrogen-bond donors (Lipinski definition) is 0. The highest BCUT2D eigenvalue weighted by atomic mass is 14.5. The summed E-state index contributed by atoms with van der Waals surface area (Å²) in [5, 5.41) is 0. The van der Waals surface area contributed by atoms with Gasteiger partial charge in [-0.1, -0.05) is 54.4 Å². The molecular weight excluding hydrogens is 156 g/mol. The summed E-state index contributed by atoms with van der Waals surface area (Å²) in [5.41, 5.74) is 0.744. The molecule has 1 atom stereocenters. The molecular formula is C13H28. The maximum absolute atomic E-state index is 2.44. The fraction of sp³-hybridized carbons (Fsp3) is 1.00. The molecule has 1 saturated carbocycles. The van der Waals surface area contributed by atoms with E-state index in [0.29, 0.717) is 0 Å². The van der Waals surface area contributed by atoms with Gasteiger partial charge in [0.2, 0.25) is 0 Å². The molecule has 1 unspecified atom stereocenters. The third kappa shape index (κ3) is 2.72. The Kier molecular flexibility index (Phi) is 5.67. The fourth-order valence-corrected chi connectivity index (χ4v) is 2.47. The summed E-state index contributed by atoms with van der Waals surface area (Å²) in [6.45, 7) is 13.5. The van der Waals surface area contributed by atoms with Crippen LogP contribution in [-0.4, -0.2) is 0 Å². The summed E-state index contributed by atoms with van der Waals surface area (Å²) >= 11 is 0. The molecule has 0 saturated heterocycles. The first-order valence-corrected chi connectivity index (χ1v) is 6.12. The van der Waals surface area contributed by atoms with Crippen LogP contribution in [0.5, 0.6) is 0 Å². The first-order valence-electron chi connectivity index (χ1n) is 6.12. The Hall–Kier alpha value is 0. The second-order valence-electron chi connectivity index (χ2n) is 4.60. The van der Waals surface area contributed by atoms with Crippen molar-refractivity contribution >= 4 is 0 Å². The largest absolute Gasteiger partial charge is 0.0683 e. The SMILES string of the molecule is CC.CCC1(C(C)C(C)C)CCC1. The lowest BCUT2D eigenvalue weighted by atomic mass is 9.57. The van der Waals surface area contributed by atoms with Crippen LogP contribution < -0.4 is 0 Å². The van der Waals surface area contributed by atoms with Gasteiger partial charge in [0.15, 0.2) is 0 Å². The van der Waals surface area contributed by atoms with E-state index in [1.165, 1.54) is 25.7 Å². The second-order valence-corrected chi connectivity index (χ2v) is 4.60. The Morgan fingerprint density at radius 3 is 1.62 bits per heavy atom. The third-order valence-electron chi connectivity index (χ3n) is 4.02. The van der Waals surface area contributed by atoms with Gasteiger partial charge in [-0.3, -0.25) is 0 Å². The average molecular weight is 184 g/mol. The Balaban J connectivity index is 0.000000671. The van der Waals surface area contributed by atoms with Crippen molar-refractivity contribution in [3.8, 4) is 0 Å². The molecule has 0 aliphatic heterocycles. The van der Waals surface area contributed by atoms with Gasteiger partial charge in [-0.2, -0.15) is 0 Å². The molecule has 1 fully saturated rings. The monoisotopic (exact) mass is 184 g/mol. The summed E-state index contributed by atoms with van der Waals surface area (Å²) in [6, 6.07) is 0. The van der Waals surface area contributed by atoms with Crippen molar-refractivity contribution in [3.05, 3.63) is 0 Å². The van der Waals surface area contributed by atoms with E-state index in [1.54, 1.807) is 0 Å². The average Bonchev–Trinajstić information content (AvgIpc) is 2.07. The minimum Gasteiger partial charge on any atom is -0.0683 e. The zero-order valence-electron chi connectivity index (χ0n) is 10.5. The van der Waals surface area contributed by atoms with Gasteiger partial charge in [0.25, 0.3) is 0 Å². The van der Waals surface area contributed by atoms with E-state index < -0.39 is 0 Å². The van der Waals surface area contributed by atoms with E-state index in [2.05, 4.69) is 27.7 Å². The molecule has 80 valence electrons. The van der Waals surface area contributed by atoms with Gasteiger partial charge in [-0.05, 0) is 30.1 Å². The maximum Gasteiger partial charge on any atom is -0.0272 e. The van der Waals surface area contributed by atoms with E-state index in [1.807, 2.05) is 13.8 Å². The minimum absolute atomic E-state index is 0.744. The smallest absolute Gasteiger partial charge is 0.0272 e. The molecule has 13 heavy (non-hydrogen) atoms. The van der Waals surface area contributed by atoms with Crippen LogP contribution >= 0.6 is 0 Å². The minimum atomic E-state index is 0.744. The molecule has 0 bridgehead atoms. The molecule has 0 aromatic heterocycles. The van der Waals surface area contributed by atoms with E-state index in [9.17, 15) is 0 Å². The summed E-state index contributed by atoms with van der Waals surface area (Å²) in [7, 11) is 0. The molecule has 0 spiro atoms. The normalized spacial score (nSPS) is 21.5. The molecule has 0 N–H and O–H groups in total. The van der Waals surface area contributed by atoms with Crippen molar-refractivity contribution in [1.82, 2.24) is 0 Å². The van der Waals surface area contributed by atoms with Crippen molar-refractivity contribution in [2.24, 2.45) is 17.3 Å². The van der Waals surface area contributed by atoms with Gasteiger partial charge in [-0.15, -0.1) is 0 Å². The van der Waals surface area contributed by atoms with Crippen LogP contribution in [0.15, 0.2) is 0 Å². The van der Waals surface area contributed by atoms with Gasteiger partial charge in [0, 0.05) is 0 Å². The molecule has 1 rings (SSSR count). The van der Waals surface area contributed by atoms with Gasteiger partial charge >= 0.3 is 0 Å². The van der Waals surface area contributed by atoms with E-state index in [-0.39, 0.29) is 0 Å². The van der Waals surface area contributed by atoms with Crippen molar-refractivity contribution in [3.63, 3.8) is 0 Å². The highest BCUT2D eigenvalue weighted by Gasteiger charge is 2.40. The molecule has 1 aliphatic carbocycles. The molecule has 0 nitrogen and oxygen atoms in total. The van der Waals surface area contributed by atoms with Crippen molar-refractivity contribution in [1.29, 1.82) is 0 Å². The first-order chi connectivity index (χ1) is 6.12. The van der Waals surface area contributed by atoms with Gasteiger partial charge in [0.1, 0.15) is 0 Å². The Bertz CT molecular complexity index is 114. The van der Waals surface area contributed by atoms with E-state index in [0.717, 1.165) is 17.3 Å².